The van der Waals surface area contributed by atoms with Crippen molar-refractivity contribution in [3.8, 4) is 17.2 Å². The van der Waals surface area contributed by atoms with Gasteiger partial charge in [-0.05, 0) is 56.2 Å². The highest BCUT2D eigenvalue weighted by Gasteiger charge is 2.48. The average molecular weight is 674 g/mol. The zero-order chi connectivity index (χ0) is 34.7. The lowest BCUT2D eigenvalue weighted by atomic mass is 9.77. The monoisotopic (exact) mass is 673 g/mol. The number of urea groups is 1. The van der Waals surface area contributed by atoms with E-state index in [2.05, 4.69) is 32.1 Å². The van der Waals surface area contributed by atoms with Crippen LogP contribution in [0, 0.1) is 16.7 Å². The maximum atomic E-state index is 13.8. The number of nitrogens with zero attached hydrogens (tertiary/aromatic N) is 8. The molecule has 4 amide bonds. The number of nitriles is 1. The molecule has 2 aliphatic heterocycles. The van der Waals surface area contributed by atoms with E-state index in [-0.39, 0.29) is 36.3 Å². The van der Waals surface area contributed by atoms with Crippen LogP contribution in [0.1, 0.15) is 56.1 Å². The molecule has 1 saturated carbocycles. The van der Waals surface area contributed by atoms with E-state index in [0.29, 0.717) is 55.6 Å². The summed E-state index contributed by atoms with van der Waals surface area (Å²) in [5, 5.41) is 23.1. The quantitative estimate of drug-likeness (QED) is 0.233. The first-order valence-electron chi connectivity index (χ1n) is 17.0. The predicted molar refractivity (Wildman–Crippen MR) is 186 cm³/mol. The topological polar surface area (TPSA) is 174 Å². The van der Waals surface area contributed by atoms with E-state index < -0.39 is 5.41 Å². The number of imide groups is 1. The second kappa shape index (κ2) is 13.9. The van der Waals surface area contributed by atoms with Crippen molar-refractivity contribution in [2.75, 3.05) is 28.2 Å². The summed E-state index contributed by atoms with van der Waals surface area (Å²) in [5.41, 5.74) is 2.58. The Morgan fingerprint density at radius 1 is 1.02 bits per heavy atom. The molecule has 0 bridgehead atoms. The van der Waals surface area contributed by atoms with Crippen LogP contribution in [-0.2, 0) is 23.2 Å². The Kier molecular flexibility index (Phi) is 9.12. The number of aromatic nitrogens is 5. The summed E-state index contributed by atoms with van der Waals surface area (Å²) >= 11 is 0. The number of aryl methyl sites for hydroxylation is 1. The van der Waals surface area contributed by atoms with Crippen molar-refractivity contribution in [1.82, 2.24) is 35.4 Å². The third-order valence-corrected chi connectivity index (χ3v) is 10.1. The SMILES string of the molecule is Cn1cc(-c2ccc(N(C(=O)NCc3ccccc3)[C@H]3CC[C@H](Nc4ncc(C#N)c(N5CCC6(CC5)CC(=O)NC6=O)n4)CC3)nc2)cn1. The zero-order valence-corrected chi connectivity index (χ0v) is 27.9. The molecule has 0 unspecified atom stereocenters. The molecular formula is C36H39N11O3. The summed E-state index contributed by atoms with van der Waals surface area (Å²) in [7, 11) is 1.87. The highest BCUT2D eigenvalue weighted by molar-refractivity contribution is 6.06. The van der Waals surface area contributed by atoms with E-state index in [1.54, 1.807) is 22.0 Å². The highest BCUT2D eigenvalue weighted by atomic mass is 16.2. The lowest BCUT2D eigenvalue weighted by Gasteiger charge is -2.38. The van der Waals surface area contributed by atoms with E-state index in [0.717, 1.165) is 42.4 Å². The molecule has 0 radical (unpaired) electrons. The number of nitrogens with one attached hydrogen (secondary N) is 3. The Morgan fingerprint density at radius 3 is 2.44 bits per heavy atom. The number of pyridine rings is 1. The number of hydrogen-bond donors (Lipinski definition) is 3. The van der Waals surface area contributed by atoms with Crippen LogP contribution in [0.25, 0.3) is 11.1 Å². The third-order valence-electron chi connectivity index (χ3n) is 10.1. The third kappa shape index (κ3) is 6.84. The molecule has 3 aliphatic rings. The number of benzene rings is 1. The molecule has 3 N–H and O–H groups in total. The van der Waals surface area contributed by atoms with Gasteiger partial charge < -0.3 is 15.5 Å². The minimum Gasteiger partial charge on any atom is -0.355 e. The normalized spacial score (nSPS) is 19.9. The summed E-state index contributed by atoms with van der Waals surface area (Å²) in [4.78, 5) is 55.8. The average Bonchev–Trinajstić information content (AvgIpc) is 3.70. The van der Waals surface area contributed by atoms with Crippen molar-refractivity contribution in [1.29, 1.82) is 5.26 Å². The van der Waals surface area contributed by atoms with E-state index >= 15 is 0 Å². The second-order valence-corrected chi connectivity index (χ2v) is 13.3. The summed E-state index contributed by atoms with van der Waals surface area (Å²) in [5.74, 6) is 1.12. The minimum atomic E-state index is -0.670. The molecule has 256 valence electrons. The van der Waals surface area contributed by atoms with Gasteiger partial charge in [0.2, 0.25) is 17.8 Å². The highest BCUT2D eigenvalue weighted by Crippen LogP contribution is 2.40. The predicted octanol–water partition coefficient (Wildman–Crippen LogP) is 3.92. The van der Waals surface area contributed by atoms with Gasteiger partial charge >= 0.3 is 6.03 Å². The number of hydrogen-bond acceptors (Lipinski definition) is 10. The van der Waals surface area contributed by atoms with Gasteiger partial charge in [-0.1, -0.05) is 30.3 Å². The Hall–Kier alpha value is -5.84. The van der Waals surface area contributed by atoms with Crippen LogP contribution in [-0.4, -0.2) is 67.8 Å². The Labute approximate surface area is 289 Å². The number of carbonyl (C=O) groups excluding carboxylic acids is 3. The molecule has 1 aliphatic carbocycles. The minimum absolute atomic E-state index is 0.0694. The first-order chi connectivity index (χ1) is 24.3. The molecule has 3 fully saturated rings. The number of amides is 4. The van der Waals surface area contributed by atoms with Crippen LogP contribution >= 0.6 is 0 Å². The van der Waals surface area contributed by atoms with Gasteiger partial charge in [0.1, 0.15) is 17.5 Å². The summed E-state index contributed by atoms with van der Waals surface area (Å²) in [6.45, 7) is 1.43. The van der Waals surface area contributed by atoms with Crippen LogP contribution in [0.4, 0.5) is 22.4 Å². The standard InChI is InChI=1S/C36H39N11O3/c1-45-23-27(22-41-45)25-7-12-30(38-20-25)47(35(50)40-19-24-5-3-2-4-6-24)29-10-8-28(9-11-29)42-34-39-21-26(18-37)32(44-34)46-15-13-36(14-16-46)17-31(48)43-33(36)49/h2-7,12,20-23,28-29H,8-11,13-17,19H2,1H3,(H,40,50)(H,39,42,44)(H,43,48,49)/t28-,29-. The molecule has 2 saturated heterocycles. The number of carbonyl (C=O) groups is 3. The van der Waals surface area contributed by atoms with Gasteiger partial charge in [-0.3, -0.25) is 24.5 Å². The zero-order valence-electron chi connectivity index (χ0n) is 27.9. The fraction of sp³-hybridized carbons (Fsp3) is 0.389. The Bertz CT molecular complexity index is 1910. The van der Waals surface area contributed by atoms with Gasteiger partial charge in [0.15, 0.2) is 5.82 Å². The van der Waals surface area contributed by atoms with Crippen molar-refractivity contribution < 1.29 is 14.4 Å². The van der Waals surface area contributed by atoms with E-state index in [1.165, 1.54) is 6.20 Å². The number of piperidine rings is 1. The maximum Gasteiger partial charge on any atom is 0.323 e. The van der Waals surface area contributed by atoms with E-state index in [9.17, 15) is 19.6 Å². The van der Waals surface area contributed by atoms with Gasteiger partial charge in [0.25, 0.3) is 0 Å². The molecule has 4 aromatic rings. The summed E-state index contributed by atoms with van der Waals surface area (Å²) in [6, 6.07) is 15.7. The van der Waals surface area contributed by atoms with Gasteiger partial charge in [-0.25, -0.2) is 14.8 Å². The molecular weight excluding hydrogens is 634 g/mol. The lowest BCUT2D eigenvalue weighted by Crippen LogP contribution is -2.49. The van der Waals surface area contributed by atoms with Crippen LogP contribution in [0.5, 0.6) is 0 Å². The fourth-order valence-corrected chi connectivity index (χ4v) is 7.25. The van der Waals surface area contributed by atoms with Crippen LogP contribution in [0.15, 0.2) is 67.3 Å². The molecule has 1 spiro atoms. The number of rotatable bonds is 8. The van der Waals surface area contributed by atoms with Crippen molar-refractivity contribution in [2.24, 2.45) is 12.5 Å². The van der Waals surface area contributed by atoms with Crippen molar-refractivity contribution >= 4 is 35.4 Å². The first-order valence-corrected chi connectivity index (χ1v) is 17.0. The second-order valence-electron chi connectivity index (χ2n) is 13.3. The lowest BCUT2D eigenvalue weighted by molar-refractivity contribution is -0.129. The largest absolute Gasteiger partial charge is 0.355 e. The molecule has 3 aromatic heterocycles. The molecule has 50 heavy (non-hydrogen) atoms. The number of anilines is 3. The van der Waals surface area contributed by atoms with Crippen molar-refractivity contribution in [3.05, 3.63) is 78.4 Å². The van der Waals surface area contributed by atoms with Crippen LogP contribution < -0.4 is 25.8 Å². The smallest absolute Gasteiger partial charge is 0.323 e. The molecule has 7 rings (SSSR count). The van der Waals surface area contributed by atoms with Crippen LogP contribution in [0.3, 0.4) is 0 Å². The van der Waals surface area contributed by atoms with Crippen molar-refractivity contribution in [3.63, 3.8) is 0 Å². The first kappa shape index (κ1) is 32.7. The van der Waals surface area contributed by atoms with E-state index in [1.807, 2.05) is 60.6 Å². The van der Waals surface area contributed by atoms with Gasteiger partial charge in [-0.15, -0.1) is 0 Å². The summed E-state index contributed by atoms with van der Waals surface area (Å²) < 4.78 is 1.74. The fourth-order valence-electron chi connectivity index (χ4n) is 7.25. The molecule has 14 nitrogen and oxygen atoms in total. The van der Waals surface area contributed by atoms with Gasteiger partial charge in [-0.2, -0.15) is 15.3 Å². The molecule has 14 heteroatoms. The summed E-state index contributed by atoms with van der Waals surface area (Å²) in [6.07, 6.45) is 11.3. The Balaban J connectivity index is 1.02. The maximum absolute atomic E-state index is 13.8. The van der Waals surface area contributed by atoms with Crippen molar-refractivity contribution in [2.45, 2.75) is 63.6 Å². The molecule has 5 heterocycles. The van der Waals surface area contributed by atoms with Crippen LogP contribution in [0.2, 0.25) is 0 Å². The molecule has 0 atom stereocenters. The molecule has 1 aromatic carbocycles. The van der Waals surface area contributed by atoms with Gasteiger partial charge in [0, 0.05) is 68.7 Å². The van der Waals surface area contributed by atoms with E-state index in [4.69, 9.17) is 9.97 Å². The Morgan fingerprint density at radius 2 is 1.80 bits per heavy atom. The van der Waals surface area contributed by atoms with Gasteiger partial charge in [0.05, 0.1) is 17.8 Å².